The maximum Gasteiger partial charge on any atom is 0.112 e. The fourth-order valence-corrected chi connectivity index (χ4v) is 2.05. The molecule has 1 heterocycles. The van der Waals surface area contributed by atoms with E-state index in [1.807, 2.05) is 13.8 Å². The van der Waals surface area contributed by atoms with Crippen LogP contribution < -0.4 is 5.73 Å². The Morgan fingerprint density at radius 3 is 2.33 bits per heavy atom. The molecule has 2 N–H and O–H groups in total. The van der Waals surface area contributed by atoms with Crippen molar-refractivity contribution in [2.24, 2.45) is 5.73 Å². The summed E-state index contributed by atoms with van der Waals surface area (Å²) in [4.78, 5) is 5.79. The average molecular weight is 184 g/mol. The van der Waals surface area contributed by atoms with Crippen molar-refractivity contribution in [2.45, 2.75) is 39.7 Å². The van der Waals surface area contributed by atoms with Crippen LogP contribution in [-0.4, -0.2) is 4.98 Å². The van der Waals surface area contributed by atoms with Gasteiger partial charge in [0.1, 0.15) is 5.01 Å². The highest BCUT2D eigenvalue weighted by Crippen LogP contribution is 2.25. The zero-order chi connectivity index (χ0) is 9.35. The second-order valence-electron chi connectivity index (χ2n) is 3.60. The summed E-state index contributed by atoms with van der Waals surface area (Å²) in [6, 6.07) is 0. The first kappa shape index (κ1) is 9.68. The number of nitrogens with zero attached hydrogens (tertiary/aromatic N) is 1. The minimum absolute atomic E-state index is 0.289. The smallest absolute Gasteiger partial charge is 0.112 e. The van der Waals surface area contributed by atoms with Crippen molar-refractivity contribution in [1.29, 1.82) is 0 Å². The van der Waals surface area contributed by atoms with Gasteiger partial charge >= 0.3 is 0 Å². The van der Waals surface area contributed by atoms with E-state index >= 15 is 0 Å². The van der Waals surface area contributed by atoms with Crippen LogP contribution in [0.15, 0.2) is 0 Å². The van der Waals surface area contributed by atoms with Crippen molar-refractivity contribution in [3.8, 4) is 0 Å². The summed E-state index contributed by atoms with van der Waals surface area (Å²) >= 11 is 1.71. The molecule has 0 spiro atoms. The van der Waals surface area contributed by atoms with Crippen molar-refractivity contribution in [2.75, 3.05) is 0 Å². The molecule has 0 unspecified atom stereocenters. The summed E-state index contributed by atoms with van der Waals surface area (Å²) in [6.45, 7) is 8.20. The van der Waals surface area contributed by atoms with Gasteiger partial charge < -0.3 is 5.73 Å². The Kier molecular flexibility index (Phi) is 2.54. The van der Waals surface area contributed by atoms with Gasteiger partial charge in [-0.05, 0) is 27.2 Å². The van der Waals surface area contributed by atoms with Gasteiger partial charge in [0, 0.05) is 4.88 Å². The number of nitrogens with two attached hydrogens (primary N) is 1. The van der Waals surface area contributed by atoms with Crippen LogP contribution in [0.2, 0.25) is 0 Å². The van der Waals surface area contributed by atoms with E-state index in [4.69, 9.17) is 5.73 Å². The molecule has 1 aromatic heterocycles. The number of aromatic nitrogens is 1. The molecule has 0 aliphatic heterocycles. The predicted molar refractivity (Wildman–Crippen MR) is 53.4 cm³/mol. The van der Waals surface area contributed by atoms with Gasteiger partial charge in [0.25, 0.3) is 0 Å². The van der Waals surface area contributed by atoms with Crippen molar-refractivity contribution >= 4 is 11.3 Å². The topological polar surface area (TPSA) is 38.9 Å². The van der Waals surface area contributed by atoms with Crippen LogP contribution in [0.4, 0.5) is 0 Å². The third-order valence-corrected chi connectivity index (χ3v) is 3.13. The second-order valence-corrected chi connectivity index (χ2v) is 4.80. The average Bonchev–Trinajstić information content (AvgIpc) is 2.29. The third-order valence-electron chi connectivity index (χ3n) is 1.78. The number of hydrogen-bond donors (Lipinski definition) is 1. The second kappa shape index (κ2) is 3.15. The first-order valence-electron chi connectivity index (χ1n) is 4.20. The van der Waals surface area contributed by atoms with Gasteiger partial charge in [0.05, 0.1) is 11.2 Å². The standard InChI is InChI=1S/C9H16N2S/c1-5-7-6(2)12-8(11-7)9(3,4)10/h5,10H2,1-4H3. The summed E-state index contributed by atoms with van der Waals surface area (Å²) in [5.41, 5.74) is 6.84. The molecule has 1 rings (SSSR count). The normalized spacial score (nSPS) is 12.1. The van der Waals surface area contributed by atoms with Crippen LogP contribution in [0.1, 0.15) is 36.3 Å². The summed E-state index contributed by atoms with van der Waals surface area (Å²) in [7, 11) is 0. The molecule has 0 amide bonds. The monoisotopic (exact) mass is 184 g/mol. The fraction of sp³-hybridized carbons (Fsp3) is 0.667. The van der Waals surface area contributed by atoms with Gasteiger partial charge in [-0.25, -0.2) is 4.98 Å². The first-order valence-corrected chi connectivity index (χ1v) is 5.02. The highest BCUT2D eigenvalue weighted by atomic mass is 32.1. The van der Waals surface area contributed by atoms with Crippen LogP contribution in [0.3, 0.4) is 0 Å². The summed E-state index contributed by atoms with van der Waals surface area (Å²) in [5.74, 6) is 0. The molecule has 12 heavy (non-hydrogen) atoms. The molecule has 0 fully saturated rings. The molecule has 0 atom stereocenters. The molecule has 0 saturated heterocycles. The Labute approximate surface area is 77.8 Å². The van der Waals surface area contributed by atoms with Gasteiger partial charge in [0.15, 0.2) is 0 Å². The maximum atomic E-state index is 5.94. The molecule has 0 aromatic carbocycles. The van der Waals surface area contributed by atoms with E-state index in [0.717, 1.165) is 11.4 Å². The zero-order valence-electron chi connectivity index (χ0n) is 8.14. The lowest BCUT2D eigenvalue weighted by atomic mass is 10.1. The Hall–Kier alpha value is -0.410. The molecule has 3 heteroatoms. The quantitative estimate of drug-likeness (QED) is 0.765. The third kappa shape index (κ3) is 1.84. The van der Waals surface area contributed by atoms with Crippen molar-refractivity contribution in [3.05, 3.63) is 15.6 Å². The van der Waals surface area contributed by atoms with E-state index in [0.29, 0.717) is 0 Å². The summed E-state index contributed by atoms with van der Waals surface area (Å²) in [5, 5.41) is 1.04. The predicted octanol–water partition coefficient (Wildman–Crippen LogP) is 2.21. The summed E-state index contributed by atoms with van der Waals surface area (Å²) < 4.78 is 0. The van der Waals surface area contributed by atoms with Gasteiger partial charge in [-0.3, -0.25) is 0 Å². The van der Waals surface area contributed by atoms with Gasteiger partial charge in [-0.2, -0.15) is 0 Å². The molecule has 0 radical (unpaired) electrons. The Morgan fingerprint density at radius 1 is 1.50 bits per heavy atom. The van der Waals surface area contributed by atoms with E-state index in [2.05, 4.69) is 18.8 Å². The fourth-order valence-electron chi connectivity index (χ4n) is 1.03. The zero-order valence-corrected chi connectivity index (χ0v) is 8.96. The van der Waals surface area contributed by atoms with E-state index in [1.54, 1.807) is 11.3 Å². The van der Waals surface area contributed by atoms with E-state index in [-0.39, 0.29) is 5.54 Å². The minimum atomic E-state index is -0.289. The van der Waals surface area contributed by atoms with Crippen LogP contribution in [-0.2, 0) is 12.0 Å². The highest BCUT2D eigenvalue weighted by Gasteiger charge is 2.19. The SMILES string of the molecule is CCc1nc(C(C)(C)N)sc1C. The molecule has 0 saturated carbocycles. The van der Waals surface area contributed by atoms with Crippen LogP contribution in [0.25, 0.3) is 0 Å². The Balaban J connectivity index is 3.05. The Bertz CT molecular complexity index is 271. The van der Waals surface area contributed by atoms with E-state index in [9.17, 15) is 0 Å². The number of hydrogen-bond acceptors (Lipinski definition) is 3. The van der Waals surface area contributed by atoms with E-state index < -0.39 is 0 Å². The lowest BCUT2D eigenvalue weighted by molar-refractivity contribution is 0.548. The molecule has 1 aromatic rings. The number of thiazole rings is 1. The van der Waals surface area contributed by atoms with Gasteiger partial charge in [0.2, 0.25) is 0 Å². The number of aryl methyl sites for hydroxylation is 2. The van der Waals surface area contributed by atoms with Crippen LogP contribution in [0, 0.1) is 6.92 Å². The highest BCUT2D eigenvalue weighted by molar-refractivity contribution is 7.11. The van der Waals surface area contributed by atoms with Crippen LogP contribution >= 0.6 is 11.3 Å². The molecule has 2 nitrogen and oxygen atoms in total. The molecule has 0 bridgehead atoms. The van der Waals surface area contributed by atoms with Crippen molar-refractivity contribution in [1.82, 2.24) is 4.98 Å². The minimum Gasteiger partial charge on any atom is -0.320 e. The molecule has 0 aliphatic carbocycles. The molecular weight excluding hydrogens is 168 g/mol. The lowest BCUT2D eigenvalue weighted by Gasteiger charge is -2.13. The molecular formula is C9H16N2S. The van der Waals surface area contributed by atoms with E-state index in [1.165, 1.54) is 10.6 Å². The maximum absolute atomic E-state index is 5.94. The first-order chi connectivity index (χ1) is 5.45. The molecule has 68 valence electrons. The molecule has 0 aliphatic rings. The Morgan fingerprint density at radius 2 is 2.08 bits per heavy atom. The lowest BCUT2D eigenvalue weighted by Crippen LogP contribution is -2.28. The van der Waals surface area contributed by atoms with Crippen molar-refractivity contribution in [3.63, 3.8) is 0 Å². The van der Waals surface area contributed by atoms with Gasteiger partial charge in [-0.1, -0.05) is 6.92 Å². The van der Waals surface area contributed by atoms with Gasteiger partial charge in [-0.15, -0.1) is 11.3 Å². The largest absolute Gasteiger partial charge is 0.320 e. The number of rotatable bonds is 2. The van der Waals surface area contributed by atoms with Crippen molar-refractivity contribution < 1.29 is 0 Å². The van der Waals surface area contributed by atoms with Crippen LogP contribution in [0.5, 0.6) is 0 Å². The summed E-state index contributed by atoms with van der Waals surface area (Å²) in [6.07, 6.45) is 0.998.